The first-order chi connectivity index (χ1) is 9.63. The number of carboxylic acids is 1. The van der Waals surface area contributed by atoms with Crippen LogP contribution in [-0.2, 0) is 4.79 Å². The van der Waals surface area contributed by atoms with Crippen LogP contribution < -0.4 is 0 Å². The van der Waals surface area contributed by atoms with E-state index in [-0.39, 0.29) is 12.5 Å². The monoisotopic (exact) mass is 272 g/mol. The van der Waals surface area contributed by atoms with E-state index in [9.17, 15) is 9.59 Å². The van der Waals surface area contributed by atoms with Gasteiger partial charge in [0, 0.05) is 18.1 Å². The number of aliphatic carboxylic acids is 1. The van der Waals surface area contributed by atoms with Gasteiger partial charge in [0.1, 0.15) is 6.54 Å². The van der Waals surface area contributed by atoms with Crippen LogP contribution in [0.4, 0.5) is 0 Å². The van der Waals surface area contributed by atoms with Crippen molar-refractivity contribution in [3.8, 4) is 0 Å². The zero-order valence-corrected chi connectivity index (χ0v) is 11.2. The largest absolute Gasteiger partial charge is 0.480 e. The molecule has 20 heavy (non-hydrogen) atoms. The summed E-state index contributed by atoms with van der Waals surface area (Å²) in [5, 5.41) is 9.78. The van der Waals surface area contributed by atoms with Gasteiger partial charge in [-0.15, -0.1) is 0 Å². The SMILES string of the molecule is CCCN(CC(=O)O)C(=O)c1cccc2cccnc12. The van der Waals surface area contributed by atoms with Gasteiger partial charge in [-0.05, 0) is 18.6 Å². The van der Waals surface area contributed by atoms with Crippen molar-refractivity contribution >= 4 is 22.8 Å². The molecule has 0 saturated heterocycles. The summed E-state index contributed by atoms with van der Waals surface area (Å²) < 4.78 is 0. The van der Waals surface area contributed by atoms with Crippen LogP contribution in [0.3, 0.4) is 0 Å². The summed E-state index contributed by atoms with van der Waals surface area (Å²) >= 11 is 0. The Labute approximate surface area is 116 Å². The molecule has 0 aliphatic heterocycles. The highest BCUT2D eigenvalue weighted by Crippen LogP contribution is 2.17. The molecule has 1 heterocycles. The fourth-order valence-electron chi connectivity index (χ4n) is 2.13. The Hall–Kier alpha value is -2.43. The maximum atomic E-state index is 12.5. The van der Waals surface area contributed by atoms with Gasteiger partial charge in [0.2, 0.25) is 0 Å². The number of amides is 1. The van der Waals surface area contributed by atoms with Gasteiger partial charge >= 0.3 is 5.97 Å². The number of aromatic nitrogens is 1. The molecule has 0 unspecified atom stereocenters. The highest BCUT2D eigenvalue weighted by molar-refractivity contribution is 6.06. The fourth-order valence-corrected chi connectivity index (χ4v) is 2.13. The fraction of sp³-hybridized carbons (Fsp3) is 0.267. The van der Waals surface area contributed by atoms with Crippen molar-refractivity contribution in [2.75, 3.05) is 13.1 Å². The van der Waals surface area contributed by atoms with Gasteiger partial charge < -0.3 is 10.0 Å². The predicted octanol–water partition coefficient (Wildman–Crippen LogP) is 2.17. The minimum absolute atomic E-state index is 0.293. The van der Waals surface area contributed by atoms with E-state index in [4.69, 9.17) is 5.11 Å². The van der Waals surface area contributed by atoms with Crippen molar-refractivity contribution in [1.82, 2.24) is 9.88 Å². The smallest absolute Gasteiger partial charge is 0.323 e. The first-order valence-electron chi connectivity index (χ1n) is 6.48. The van der Waals surface area contributed by atoms with Crippen LogP contribution in [-0.4, -0.2) is 40.0 Å². The Bertz CT molecular complexity index is 635. The normalized spacial score (nSPS) is 10.4. The van der Waals surface area contributed by atoms with Gasteiger partial charge in [-0.3, -0.25) is 14.6 Å². The summed E-state index contributed by atoms with van der Waals surface area (Å²) in [4.78, 5) is 28.9. The number of hydrogen-bond acceptors (Lipinski definition) is 3. The Morgan fingerprint density at radius 3 is 2.70 bits per heavy atom. The molecule has 0 fully saturated rings. The molecule has 104 valence electrons. The molecule has 0 aliphatic carbocycles. The molecule has 0 spiro atoms. The number of hydrogen-bond donors (Lipinski definition) is 1. The average molecular weight is 272 g/mol. The van der Waals surface area contributed by atoms with Crippen LogP contribution in [0.25, 0.3) is 10.9 Å². The standard InChI is InChI=1S/C15H16N2O3/c1-2-9-17(10-13(18)19)15(20)12-7-3-5-11-6-4-8-16-14(11)12/h3-8H,2,9-10H2,1H3,(H,18,19). The van der Waals surface area contributed by atoms with Gasteiger partial charge in [0.25, 0.3) is 5.91 Å². The predicted molar refractivity (Wildman–Crippen MR) is 75.6 cm³/mol. The number of rotatable bonds is 5. The first kappa shape index (κ1) is 14.0. The van der Waals surface area contributed by atoms with Crippen molar-refractivity contribution in [2.24, 2.45) is 0 Å². The highest BCUT2D eigenvalue weighted by atomic mass is 16.4. The number of carboxylic acid groups (broad SMARTS) is 1. The molecule has 2 rings (SSSR count). The lowest BCUT2D eigenvalue weighted by molar-refractivity contribution is -0.137. The van der Waals surface area contributed by atoms with Crippen LogP contribution in [0, 0.1) is 0 Å². The van der Waals surface area contributed by atoms with Crippen molar-refractivity contribution in [1.29, 1.82) is 0 Å². The molecule has 1 N–H and O–H groups in total. The Morgan fingerprint density at radius 2 is 2.00 bits per heavy atom. The lowest BCUT2D eigenvalue weighted by atomic mass is 10.1. The van der Waals surface area contributed by atoms with Crippen LogP contribution in [0.15, 0.2) is 36.5 Å². The molecule has 2 aromatic rings. The number of benzene rings is 1. The summed E-state index contributed by atoms with van der Waals surface area (Å²) in [7, 11) is 0. The van der Waals surface area contributed by atoms with Crippen molar-refractivity contribution in [3.05, 3.63) is 42.1 Å². The summed E-state index contributed by atoms with van der Waals surface area (Å²) in [6.45, 7) is 2.02. The second-order valence-corrected chi connectivity index (χ2v) is 4.50. The minimum atomic E-state index is -1.01. The highest BCUT2D eigenvalue weighted by Gasteiger charge is 2.20. The quantitative estimate of drug-likeness (QED) is 0.905. The molecular weight excluding hydrogens is 256 g/mol. The number of nitrogens with zero attached hydrogens (tertiary/aromatic N) is 2. The van der Waals surface area contributed by atoms with Crippen LogP contribution >= 0.6 is 0 Å². The van der Waals surface area contributed by atoms with Crippen LogP contribution in [0.5, 0.6) is 0 Å². The molecule has 1 aromatic heterocycles. The molecule has 5 heteroatoms. The molecule has 0 aliphatic rings. The maximum Gasteiger partial charge on any atom is 0.323 e. The van der Waals surface area contributed by atoms with Crippen molar-refractivity contribution in [2.45, 2.75) is 13.3 Å². The molecule has 0 saturated carbocycles. The number of carbonyl (C=O) groups excluding carboxylic acids is 1. The molecule has 5 nitrogen and oxygen atoms in total. The van der Waals surface area contributed by atoms with E-state index in [0.717, 1.165) is 5.39 Å². The van der Waals surface area contributed by atoms with Gasteiger partial charge in [-0.1, -0.05) is 25.1 Å². The molecule has 1 amide bonds. The molecule has 0 radical (unpaired) electrons. The van der Waals surface area contributed by atoms with Crippen molar-refractivity contribution in [3.63, 3.8) is 0 Å². The third-order valence-electron chi connectivity index (χ3n) is 2.97. The Morgan fingerprint density at radius 1 is 1.25 bits per heavy atom. The maximum absolute atomic E-state index is 12.5. The number of fused-ring (bicyclic) bond motifs is 1. The van der Waals surface area contributed by atoms with E-state index < -0.39 is 5.97 Å². The van der Waals surface area contributed by atoms with E-state index in [1.54, 1.807) is 24.4 Å². The molecule has 1 aromatic carbocycles. The zero-order chi connectivity index (χ0) is 14.5. The Balaban J connectivity index is 2.40. The van der Waals surface area contributed by atoms with Crippen LogP contribution in [0.1, 0.15) is 23.7 Å². The average Bonchev–Trinajstić information content (AvgIpc) is 2.45. The Kier molecular flexibility index (Phi) is 4.30. The third kappa shape index (κ3) is 2.93. The van der Waals surface area contributed by atoms with E-state index >= 15 is 0 Å². The molecule has 0 bridgehead atoms. The molecular formula is C15H16N2O3. The second-order valence-electron chi connectivity index (χ2n) is 4.50. The van der Waals surface area contributed by atoms with E-state index in [2.05, 4.69) is 4.98 Å². The topological polar surface area (TPSA) is 70.5 Å². The summed E-state index contributed by atoms with van der Waals surface area (Å²) in [5.74, 6) is -1.31. The minimum Gasteiger partial charge on any atom is -0.480 e. The zero-order valence-electron chi connectivity index (χ0n) is 11.2. The van der Waals surface area contributed by atoms with Gasteiger partial charge in [0.15, 0.2) is 0 Å². The summed E-state index contributed by atoms with van der Waals surface area (Å²) in [6.07, 6.45) is 2.33. The molecule has 0 atom stereocenters. The number of pyridine rings is 1. The van der Waals surface area contributed by atoms with Crippen LogP contribution in [0.2, 0.25) is 0 Å². The third-order valence-corrected chi connectivity index (χ3v) is 2.97. The van der Waals surface area contributed by atoms with E-state index in [1.165, 1.54) is 4.90 Å². The van der Waals surface area contributed by atoms with Gasteiger partial charge in [0.05, 0.1) is 11.1 Å². The number of para-hydroxylation sites is 1. The summed E-state index contributed by atoms with van der Waals surface area (Å²) in [6, 6.07) is 9.02. The first-order valence-corrected chi connectivity index (χ1v) is 6.48. The lowest BCUT2D eigenvalue weighted by Gasteiger charge is -2.20. The second kappa shape index (κ2) is 6.14. The van der Waals surface area contributed by atoms with Gasteiger partial charge in [-0.25, -0.2) is 0 Å². The number of carbonyl (C=O) groups is 2. The lowest BCUT2D eigenvalue weighted by Crippen LogP contribution is -2.36. The van der Waals surface area contributed by atoms with Gasteiger partial charge in [-0.2, -0.15) is 0 Å². The van der Waals surface area contributed by atoms with Crippen molar-refractivity contribution < 1.29 is 14.7 Å². The van der Waals surface area contributed by atoms with E-state index in [0.29, 0.717) is 24.0 Å². The summed E-state index contributed by atoms with van der Waals surface area (Å²) in [5.41, 5.74) is 1.05. The van der Waals surface area contributed by atoms with E-state index in [1.807, 2.05) is 19.1 Å².